The first-order valence-corrected chi connectivity index (χ1v) is 5.31. The van der Waals surface area contributed by atoms with Gasteiger partial charge in [-0.3, -0.25) is 4.90 Å². The van der Waals surface area contributed by atoms with Crippen LogP contribution in [-0.2, 0) is 0 Å². The van der Waals surface area contributed by atoms with Gasteiger partial charge >= 0.3 is 0 Å². The van der Waals surface area contributed by atoms with E-state index in [9.17, 15) is 0 Å². The minimum Gasteiger partial charge on any atom is -0.472 e. The summed E-state index contributed by atoms with van der Waals surface area (Å²) in [6, 6.07) is 3.54. The molecule has 4 atom stereocenters. The van der Waals surface area contributed by atoms with E-state index in [-0.39, 0.29) is 0 Å². The molecule has 4 unspecified atom stereocenters. The molecule has 1 aromatic heterocycles. The van der Waals surface area contributed by atoms with Gasteiger partial charge in [-0.25, -0.2) is 0 Å². The largest absolute Gasteiger partial charge is 0.472 e. The topological polar surface area (TPSA) is 42.4 Å². The molecule has 1 aromatic rings. The summed E-state index contributed by atoms with van der Waals surface area (Å²) in [6.07, 6.45) is 4.88. The number of fused-ring (bicyclic) bond motifs is 1. The Labute approximate surface area is 83.9 Å². The lowest BCUT2D eigenvalue weighted by Gasteiger charge is -2.35. The molecule has 0 spiro atoms. The Morgan fingerprint density at radius 1 is 1.64 bits per heavy atom. The van der Waals surface area contributed by atoms with Crippen LogP contribution in [0.4, 0.5) is 0 Å². The van der Waals surface area contributed by atoms with Gasteiger partial charge in [-0.05, 0) is 25.3 Å². The van der Waals surface area contributed by atoms with Crippen molar-refractivity contribution in [2.75, 3.05) is 6.54 Å². The third-order valence-electron chi connectivity index (χ3n) is 3.93. The summed E-state index contributed by atoms with van der Waals surface area (Å²) in [6.45, 7) is 3.40. The molecule has 3 heteroatoms. The maximum atomic E-state index is 6.04. The van der Waals surface area contributed by atoms with E-state index in [1.54, 1.807) is 6.26 Å². The molecule has 2 bridgehead atoms. The Morgan fingerprint density at radius 3 is 3.00 bits per heavy atom. The van der Waals surface area contributed by atoms with E-state index in [0.717, 1.165) is 12.5 Å². The molecule has 14 heavy (non-hydrogen) atoms. The fourth-order valence-electron chi connectivity index (χ4n) is 2.85. The second kappa shape index (κ2) is 2.84. The van der Waals surface area contributed by atoms with Crippen molar-refractivity contribution in [1.82, 2.24) is 4.90 Å². The standard InChI is InChI=1S/C11H16N2O/c1-7(8-2-3-14-6-8)13-5-9-4-10(13)11(9)12/h2-3,6-7,9-11H,4-5,12H2,1H3. The highest BCUT2D eigenvalue weighted by Crippen LogP contribution is 2.44. The zero-order valence-electron chi connectivity index (χ0n) is 8.39. The van der Waals surface area contributed by atoms with Gasteiger partial charge in [0.2, 0.25) is 0 Å². The first kappa shape index (κ1) is 8.50. The van der Waals surface area contributed by atoms with Crippen molar-refractivity contribution in [1.29, 1.82) is 0 Å². The minimum absolute atomic E-state index is 0.421. The molecule has 2 aliphatic heterocycles. The molecular formula is C11H16N2O. The Bertz CT molecular complexity index is 322. The highest BCUT2D eigenvalue weighted by atomic mass is 16.3. The van der Waals surface area contributed by atoms with Crippen molar-refractivity contribution in [3.63, 3.8) is 0 Å². The summed E-state index contributed by atoms with van der Waals surface area (Å²) in [5, 5.41) is 0. The number of rotatable bonds is 2. The van der Waals surface area contributed by atoms with Crippen LogP contribution in [0.1, 0.15) is 24.9 Å². The van der Waals surface area contributed by atoms with E-state index in [1.807, 2.05) is 12.3 Å². The molecular weight excluding hydrogens is 176 g/mol. The van der Waals surface area contributed by atoms with E-state index < -0.39 is 0 Å². The molecule has 0 radical (unpaired) electrons. The second-order valence-corrected chi connectivity index (χ2v) is 4.57. The molecule has 3 aliphatic rings. The summed E-state index contributed by atoms with van der Waals surface area (Å²) >= 11 is 0. The summed E-state index contributed by atoms with van der Waals surface area (Å²) < 4.78 is 5.11. The highest BCUT2D eigenvalue weighted by molar-refractivity contribution is 5.16. The fraction of sp³-hybridized carbons (Fsp3) is 0.636. The normalized spacial score (nSPS) is 38.3. The molecule has 2 saturated heterocycles. The predicted molar refractivity (Wildman–Crippen MR) is 53.7 cm³/mol. The average molecular weight is 192 g/mol. The molecule has 3 heterocycles. The van der Waals surface area contributed by atoms with E-state index in [0.29, 0.717) is 18.1 Å². The Balaban J connectivity index is 1.78. The molecule has 2 N–H and O–H groups in total. The third kappa shape index (κ3) is 0.996. The fourth-order valence-corrected chi connectivity index (χ4v) is 2.85. The molecule has 76 valence electrons. The van der Waals surface area contributed by atoms with E-state index in [1.165, 1.54) is 12.0 Å². The molecule has 0 amide bonds. The molecule has 4 rings (SSSR count). The quantitative estimate of drug-likeness (QED) is 0.769. The van der Waals surface area contributed by atoms with Crippen molar-refractivity contribution in [3.05, 3.63) is 24.2 Å². The average Bonchev–Trinajstić information content (AvgIpc) is 2.89. The maximum Gasteiger partial charge on any atom is 0.0950 e. The van der Waals surface area contributed by atoms with Crippen LogP contribution in [0, 0.1) is 5.92 Å². The monoisotopic (exact) mass is 192 g/mol. The van der Waals surface area contributed by atoms with Crippen molar-refractivity contribution in [3.8, 4) is 0 Å². The van der Waals surface area contributed by atoms with Crippen molar-refractivity contribution >= 4 is 0 Å². The van der Waals surface area contributed by atoms with E-state index >= 15 is 0 Å². The summed E-state index contributed by atoms with van der Waals surface area (Å²) in [4.78, 5) is 2.51. The van der Waals surface area contributed by atoms with Crippen LogP contribution in [-0.4, -0.2) is 23.5 Å². The lowest BCUT2D eigenvalue weighted by Crippen LogP contribution is -2.49. The molecule has 3 fully saturated rings. The van der Waals surface area contributed by atoms with Crippen LogP contribution in [0.15, 0.2) is 23.0 Å². The van der Waals surface area contributed by atoms with Gasteiger partial charge in [0.1, 0.15) is 0 Å². The molecule has 1 saturated carbocycles. The SMILES string of the molecule is CC(c1ccoc1)N1CC2CC1C2N. The van der Waals surface area contributed by atoms with E-state index in [4.69, 9.17) is 10.2 Å². The highest BCUT2D eigenvalue weighted by Gasteiger charge is 2.51. The minimum atomic E-state index is 0.421. The van der Waals surface area contributed by atoms with Gasteiger partial charge in [0, 0.05) is 30.2 Å². The van der Waals surface area contributed by atoms with Gasteiger partial charge in [-0.15, -0.1) is 0 Å². The van der Waals surface area contributed by atoms with Crippen molar-refractivity contribution in [2.45, 2.75) is 31.5 Å². The molecule has 1 aliphatic carbocycles. The lowest BCUT2D eigenvalue weighted by atomic mass is 9.81. The second-order valence-electron chi connectivity index (χ2n) is 4.57. The van der Waals surface area contributed by atoms with Crippen LogP contribution < -0.4 is 5.73 Å². The maximum absolute atomic E-state index is 6.04. The van der Waals surface area contributed by atoms with Gasteiger partial charge in [-0.1, -0.05) is 0 Å². The van der Waals surface area contributed by atoms with Gasteiger partial charge in [0.15, 0.2) is 0 Å². The van der Waals surface area contributed by atoms with Crippen LogP contribution >= 0.6 is 0 Å². The molecule has 0 aromatic carbocycles. The Morgan fingerprint density at radius 2 is 2.50 bits per heavy atom. The van der Waals surface area contributed by atoms with Gasteiger partial charge < -0.3 is 10.2 Å². The van der Waals surface area contributed by atoms with Crippen molar-refractivity contribution in [2.24, 2.45) is 11.7 Å². The van der Waals surface area contributed by atoms with Crippen LogP contribution in [0.25, 0.3) is 0 Å². The van der Waals surface area contributed by atoms with Gasteiger partial charge in [0.25, 0.3) is 0 Å². The van der Waals surface area contributed by atoms with Crippen LogP contribution in [0.3, 0.4) is 0 Å². The number of hydrogen-bond donors (Lipinski definition) is 1. The van der Waals surface area contributed by atoms with Gasteiger partial charge in [0.05, 0.1) is 12.5 Å². The van der Waals surface area contributed by atoms with Crippen LogP contribution in [0.2, 0.25) is 0 Å². The zero-order valence-corrected chi connectivity index (χ0v) is 8.39. The number of nitrogens with two attached hydrogens (primary N) is 1. The number of nitrogens with zero attached hydrogens (tertiary/aromatic N) is 1. The van der Waals surface area contributed by atoms with Crippen LogP contribution in [0.5, 0.6) is 0 Å². The first-order valence-electron chi connectivity index (χ1n) is 5.31. The number of hydrogen-bond acceptors (Lipinski definition) is 3. The molecule has 3 nitrogen and oxygen atoms in total. The Hall–Kier alpha value is -0.800. The zero-order chi connectivity index (χ0) is 9.71. The summed E-state index contributed by atoms with van der Waals surface area (Å²) in [5.74, 6) is 0.745. The predicted octanol–water partition coefficient (Wildman–Crippen LogP) is 1.37. The Kier molecular flexibility index (Phi) is 1.73. The van der Waals surface area contributed by atoms with E-state index in [2.05, 4.69) is 11.8 Å². The van der Waals surface area contributed by atoms with Crippen molar-refractivity contribution < 1.29 is 4.42 Å². The summed E-state index contributed by atoms with van der Waals surface area (Å²) in [5.41, 5.74) is 7.31. The third-order valence-corrected chi connectivity index (χ3v) is 3.93. The summed E-state index contributed by atoms with van der Waals surface area (Å²) in [7, 11) is 0. The van der Waals surface area contributed by atoms with Gasteiger partial charge in [-0.2, -0.15) is 0 Å². The first-order chi connectivity index (χ1) is 6.77. The number of furan rings is 1. The smallest absolute Gasteiger partial charge is 0.0950 e. The lowest BCUT2D eigenvalue weighted by molar-refractivity contribution is 0.174.